The average Bonchev–Trinajstić information content (AvgIpc) is 2.45. The van der Waals surface area contributed by atoms with Gasteiger partial charge in [0.15, 0.2) is 0 Å². The van der Waals surface area contributed by atoms with Gasteiger partial charge >= 0.3 is 0 Å². The van der Waals surface area contributed by atoms with Crippen molar-refractivity contribution in [3.8, 4) is 5.75 Å². The third-order valence-electron chi connectivity index (χ3n) is 2.94. The van der Waals surface area contributed by atoms with Gasteiger partial charge in [-0.1, -0.05) is 41.9 Å². The van der Waals surface area contributed by atoms with Crippen LogP contribution in [-0.2, 0) is 13.2 Å². The molecule has 0 fully saturated rings. The number of halogens is 1. The fourth-order valence-electron chi connectivity index (χ4n) is 1.92. The van der Waals surface area contributed by atoms with Gasteiger partial charge in [-0.3, -0.25) is 4.98 Å². The molecule has 0 amide bonds. The summed E-state index contributed by atoms with van der Waals surface area (Å²) in [4.78, 5) is 4.36. The predicted octanol–water partition coefficient (Wildman–Crippen LogP) is 4.17. The molecule has 1 aromatic heterocycles. The van der Waals surface area contributed by atoms with Crippen molar-refractivity contribution in [1.29, 1.82) is 0 Å². The zero-order valence-electron chi connectivity index (χ0n) is 12.5. The minimum Gasteiger partial charge on any atom is -0.489 e. The fraction of sp³-hybridized carbons (Fsp3) is 0.353. The number of nitrogens with one attached hydrogen (secondary N) is 1. The Morgan fingerprint density at radius 1 is 1.24 bits per heavy atom. The second-order valence-electron chi connectivity index (χ2n) is 5.43. The summed E-state index contributed by atoms with van der Waals surface area (Å²) in [6.07, 6.45) is 1.79. The highest BCUT2D eigenvalue weighted by Gasteiger charge is 2.01. The molecule has 1 aromatic carbocycles. The molecule has 2 aromatic rings. The summed E-state index contributed by atoms with van der Waals surface area (Å²) in [5.74, 6) is 1.49. The fourth-order valence-corrected chi connectivity index (χ4v) is 2.37. The van der Waals surface area contributed by atoms with E-state index in [4.69, 9.17) is 4.74 Å². The van der Waals surface area contributed by atoms with Crippen molar-refractivity contribution in [2.45, 2.75) is 27.0 Å². The number of aromatic nitrogens is 1. The van der Waals surface area contributed by atoms with Gasteiger partial charge in [-0.15, -0.1) is 0 Å². The van der Waals surface area contributed by atoms with Gasteiger partial charge in [-0.25, -0.2) is 0 Å². The van der Waals surface area contributed by atoms with E-state index in [0.29, 0.717) is 12.5 Å². The molecule has 3 nitrogen and oxygen atoms in total. The van der Waals surface area contributed by atoms with Gasteiger partial charge in [0, 0.05) is 23.3 Å². The van der Waals surface area contributed by atoms with E-state index in [0.717, 1.165) is 34.6 Å². The van der Waals surface area contributed by atoms with E-state index in [9.17, 15) is 0 Å². The van der Waals surface area contributed by atoms with Gasteiger partial charge < -0.3 is 10.1 Å². The maximum Gasteiger partial charge on any atom is 0.123 e. The molecule has 0 radical (unpaired) electrons. The highest BCUT2D eigenvalue weighted by atomic mass is 79.9. The van der Waals surface area contributed by atoms with Crippen molar-refractivity contribution in [1.82, 2.24) is 10.3 Å². The second kappa shape index (κ2) is 8.15. The molecule has 112 valence electrons. The lowest BCUT2D eigenvalue weighted by atomic mass is 10.2. The molecule has 0 saturated carbocycles. The van der Waals surface area contributed by atoms with E-state index < -0.39 is 0 Å². The van der Waals surface area contributed by atoms with Crippen molar-refractivity contribution < 1.29 is 4.74 Å². The molecule has 0 aliphatic heterocycles. The molecule has 0 aliphatic carbocycles. The quantitative estimate of drug-likeness (QED) is 0.815. The second-order valence-corrected chi connectivity index (χ2v) is 6.34. The highest BCUT2D eigenvalue weighted by Crippen LogP contribution is 2.16. The molecule has 0 aliphatic rings. The number of hydrogen-bond acceptors (Lipinski definition) is 3. The Morgan fingerprint density at radius 2 is 2.10 bits per heavy atom. The van der Waals surface area contributed by atoms with Crippen LogP contribution in [0.5, 0.6) is 5.75 Å². The van der Waals surface area contributed by atoms with E-state index in [1.165, 1.54) is 0 Å². The summed E-state index contributed by atoms with van der Waals surface area (Å²) in [5.41, 5.74) is 2.14. The normalized spacial score (nSPS) is 10.9. The number of rotatable bonds is 7. The Labute approximate surface area is 134 Å². The van der Waals surface area contributed by atoms with Gasteiger partial charge in [0.05, 0.1) is 5.69 Å². The maximum absolute atomic E-state index is 5.83. The standard InChI is InChI=1S/C17H21BrN2O/c1-13(2)10-19-11-16-9-17(6-7-20-16)21-12-14-4-3-5-15(18)8-14/h3-9,13,19H,10-12H2,1-2H3. The molecule has 0 bridgehead atoms. The van der Waals surface area contributed by atoms with Crippen LogP contribution in [0.3, 0.4) is 0 Å². The molecule has 0 saturated heterocycles. The van der Waals surface area contributed by atoms with E-state index in [2.05, 4.69) is 52.2 Å². The first-order valence-electron chi connectivity index (χ1n) is 7.16. The maximum atomic E-state index is 5.83. The molecular formula is C17H21BrN2O. The first-order chi connectivity index (χ1) is 10.1. The highest BCUT2D eigenvalue weighted by molar-refractivity contribution is 9.10. The van der Waals surface area contributed by atoms with Crippen molar-refractivity contribution in [2.24, 2.45) is 5.92 Å². The van der Waals surface area contributed by atoms with Crippen LogP contribution in [0.25, 0.3) is 0 Å². The lowest BCUT2D eigenvalue weighted by Crippen LogP contribution is -2.19. The third-order valence-corrected chi connectivity index (χ3v) is 3.43. The summed E-state index contributed by atoms with van der Waals surface area (Å²) >= 11 is 3.47. The van der Waals surface area contributed by atoms with Crippen LogP contribution in [0.1, 0.15) is 25.1 Å². The molecule has 4 heteroatoms. The molecule has 1 N–H and O–H groups in total. The number of ether oxygens (including phenoxy) is 1. The van der Waals surface area contributed by atoms with Gasteiger partial charge in [-0.2, -0.15) is 0 Å². The van der Waals surface area contributed by atoms with Crippen molar-refractivity contribution in [2.75, 3.05) is 6.54 Å². The summed E-state index contributed by atoms with van der Waals surface area (Å²) in [6.45, 7) is 6.70. The van der Waals surface area contributed by atoms with Crippen LogP contribution in [0.15, 0.2) is 47.1 Å². The van der Waals surface area contributed by atoms with E-state index in [1.807, 2.05) is 24.3 Å². The van der Waals surface area contributed by atoms with Crippen LogP contribution in [0.2, 0.25) is 0 Å². The first-order valence-corrected chi connectivity index (χ1v) is 7.95. The number of hydrogen-bond donors (Lipinski definition) is 1. The monoisotopic (exact) mass is 348 g/mol. The van der Waals surface area contributed by atoms with Crippen molar-refractivity contribution >= 4 is 15.9 Å². The molecule has 0 spiro atoms. The SMILES string of the molecule is CC(C)CNCc1cc(OCc2cccc(Br)c2)ccn1. The van der Waals surface area contributed by atoms with Crippen LogP contribution >= 0.6 is 15.9 Å². The minimum absolute atomic E-state index is 0.558. The van der Waals surface area contributed by atoms with Gasteiger partial charge in [-0.05, 0) is 36.2 Å². The first kappa shape index (κ1) is 16.0. The van der Waals surface area contributed by atoms with E-state index in [1.54, 1.807) is 6.20 Å². The smallest absolute Gasteiger partial charge is 0.123 e. The molecular weight excluding hydrogens is 328 g/mol. The largest absolute Gasteiger partial charge is 0.489 e. The average molecular weight is 349 g/mol. The molecule has 21 heavy (non-hydrogen) atoms. The lowest BCUT2D eigenvalue weighted by molar-refractivity contribution is 0.305. The van der Waals surface area contributed by atoms with Crippen LogP contribution in [0.4, 0.5) is 0 Å². The van der Waals surface area contributed by atoms with Crippen molar-refractivity contribution in [3.63, 3.8) is 0 Å². The Morgan fingerprint density at radius 3 is 2.86 bits per heavy atom. The predicted molar refractivity (Wildman–Crippen MR) is 89.3 cm³/mol. The summed E-state index contributed by atoms with van der Waals surface area (Å²) < 4.78 is 6.89. The van der Waals surface area contributed by atoms with Crippen molar-refractivity contribution in [3.05, 3.63) is 58.3 Å². The Hall–Kier alpha value is -1.39. The van der Waals surface area contributed by atoms with Crippen LogP contribution in [-0.4, -0.2) is 11.5 Å². The lowest BCUT2D eigenvalue weighted by Gasteiger charge is -2.09. The topological polar surface area (TPSA) is 34.1 Å². The Kier molecular flexibility index (Phi) is 6.21. The van der Waals surface area contributed by atoms with E-state index in [-0.39, 0.29) is 0 Å². The summed E-state index contributed by atoms with van der Waals surface area (Å²) in [7, 11) is 0. The number of nitrogens with zero attached hydrogens (tertiary/aromatic N) is 1. The van der Waals surface area contributed by atoms with Gasteiger partial charge in [0.1, 0.15) is 12.4 Å². The zero-order chi connectivity index (χ0) is 15.1. The zero-order valence-corrected chi connectivity index (χ0v) is 14.1. The molecule has 0 unspecified atom stereocenters. The van der Waals surface area contributed by atoms with Gasteiger partial charge in [0.25, 0.3) is 0 Å². The molecule has 1 heterocycles. The molecule has 0 atom stereocenters. The number of pyridine rings is 1. The Bertz CT molecular complexity index is 572. The molecule has 2 rings (SSSR count). The summed E-state index contributed by atoms with van der Waals surface area (Å²) in [6, 6.07) is 12.0. The van der Waals surface area contributed by atoms with Crippen LogP contribution in [0, 0.1) is 5.92 Å². The summed E-state index contributed by atoms with van der Waals surface area (Å²) in [5, 5.41) is 3.39. The van der Waals surface area contributed by atoms with Gasteiger partial charge in [0.2, 0.25) is 0 Å². The third kappa shape index (κ3) is 5.86. The number of benzene rings is 1. The van der Waals surface area contributed by atoms with E-state index >= 15 is 0 Å². The van der Waals surface area contributed by atoms with Crippen LogP contribution < -0.4 is 10.1 Å². The Balaban J connectivity index is 1.88. The minimum atomic E-state index is 0.558.